The van der Waals surface area contributed by atoms with Crippen LogP contribution in [0.25, 0.3) is 0 Å². The SMILES string of the molecule is C[C@@H](Nc1nc(Cl)nc2c1CN(C(=O)C1(O)COC1)C2)c1cccc(C(F)F)c1F. The van der Waals surface area contributed by atoms with Gasteiger partial charge in [0.2, 0.25) is 5.28 Å². The van der Waals surface area contributed by atoms with E-state index in [-0.39, 0.29) is 43.0 Å². The van der Waals surface area contributed by atoms with Gasteiger partial charge < -0.3 is 20.1 Å². The molecule has 0 bridgehead atoms. The fourth-order valence-electron chi connectivity index (χ4n) is 3.56. The minimum absolute atomic E-state index is 0.0446. The highest BCUT2D eigenvalue weighted by atomic mass is 35.5. The van der Waals surface area contributed by atoms with Gasteiger partial charge in [0.1, 0.15) is 11.6 Å². The molecular formula is C19H18ClF3N4O3. The second-order valence-electron chi connectivity index (χ2n) is 7.37. The van der Waals surface area contributed by atoms with Gasteiger partial charge in [-0.15, -0.1) is 0 Å². The molecule has 0 spiro atoms. The van der Waals surface area contributed by atoms with Gasteiger partial charge in [0.25, 0.3) is 12.3 Å². The summed E-state index contributed by atoms with van der Waals surface area (Å²) in [5.41, 5.74) is -1.14. The number of nitrogens with one attached hydrogen (secondary N) is 1. The van der Waals surface area contributed by atoms with E-state index in [4.69, 9.17) is 16.3 Å². The van der Waals surface area contributed by atoms with Crippen molar-refractivity contribution in [2.45, 2.75) is 38.1 Å². The van der Waals surface area contributed by atoms with Crippen molar-refractivity contribution < 1.29 is 27.8 Å². The molecule has 2 aromatic rings. The Bertz CT molecular complexity index is 1000. The summed E-state index contributed by atoms with van der Waals surface area (Å²) in [6.45, 7) is 1.68. The number of hydrogen-bond donors (Lipinski definition) is 2. The zero-order valence-corrected chi connectivity index (χ0v) is 16.6. The van der Waals surface area contributed by atoms with Crippen LogP contribution in [0.15, 0.2) is 18.2 Å². The van der Waals surface area contributed by atoms with E-state index in [1.165, 1.54) is 17.0 Å². The lowest BCUT2D eigenvalue weighted by atomic mass is 10.0. The standard InChI is InChI=1S/C19H18ClF3N4O3/c1-9(10-3-2-4-11(14(10)21)15(22)23)24-16-12-5-27(6-13(12)25-18(20)26-16)17(28)19(29)7-30-8-19/h2-4,9,15,29H,5-8H2,1H3,(H,24,25,26)/t9-/m1/s1. The van der Waals surface area contributed by atoms with Crippen molar-refractivity contribution in [1.29, 1.82) is 0 Å². The lowest BCUT2D eigenvalue weighted by Crippen LogP contribution is -2.60. The van der Waals surface area contributed by atoms with Crippen LogP contribution in [0.4, 0.5) is 19.0 Å². The molecule has 2 aliphatic rings. The highest BCUT2D eigenvalue weighted by Crippen LogP contribution is 2.34. The Morgan fingerprint density at radius 3 is 2.63 bits per heavy atom. The number of fused-ring (bicyclic) bond motifs is 1. The number of anilines is 1. The van der Waals surface area contributed by atoms with E-state index in [0.717, 1.165) is 6.07 Å². The number of nitrogens with zero attached hydrogens (tertiary/aromatic N) is 3. The van der Waals surface area contributed by atoms with Gasteiger partial charge in [0, 0.05) is 11.1 Å². The fraction of sp³-hybridized carbons (Fsp3) is 0.421. The minimum Gasteiger partial charge on any atom is -0.376 e. The molecule has 0 aliphatic carbocycles. The first-order valence-electron chi connectivity index (χ1n) is 9.17. The average molecular weight is 443 g/mol. The minimum atomic E-state index is -2.93. The first kappa shape index (κ1) is 20.8. The Kier molecular flexibility index (Phi) is 5.33. The Hall–Kier alpha value is -2.43. The van der Waals surface area contributed by atoms with Crippen molar-refractivity contribution in [3.63, 3.8) is 0 Å². The molecule has 7 nitrogen and oxygen atoms in total. The third-order valence-corrected chi connectivity index (χ3v) is 5.40. The van der Waals surface area contributed by atoms with Gasteiger partial charge in [0.05, 0.1) is 43.6 Å². The van der Waals surface area contributed by atoms with E-state index < -0.39 is 35.4 Å². The summed E-state index contributed by atoms with van der Waals surface area (Å²) in [6.07, 6.45) is -2.93. The molecule has 3 heterocycles. The van der Waals surface area contributed by atoms with Crippen LogP contribution in [0, 0.1) is 5.82 Å². The number of aromatic nitrogens is 2. The highest BCUT2D eigenvalue weighted by molar-refractivity contribution is 6.28. The molecule has 4 rings (SSSR count). The molecule has 0 unspecified atom stereocenters. The smallest absolute Gasteiger partial charge is 0.266 e. The van der Waals surface area contributed by atoms with Crippen LogP contribution < -0.4 is 5.32 Å². The number of alkyl halides is 2. The predicted octanol–water partition coefficient (Wildman–Crippen LogP) is 2.98. The van der Waals surface area contributed by atoms with Gasteiger partial charge in [-0.1, -0.05) is 18.2 Å². The molecule has 30 heavy (non-hydrogen) atoms. The maximum Gasteiger partial charge on any atom is 0.266 e. The van der Waals surface area contributed by atoms with Gasteiger partial charge in [-0.05, 0) is 18.5 Å². The molecule has 160 valence electrons. The summed E-state index contributed by atoms with van der Waals surface area (Å²) in [4.78, 5) is 22.3. The number of amides is 1. The number of benzene rings is 1. The number of rotatable bonds is 5. The van der Waals surface area contributed by atoms with E-state index >= 15 is 0 Å². The summed E-state index contributed by atoms with van der Waals surface area (Å²) < 4.78 is 45.5. The molecular weight excluding hydrogens is 425 g/mol. The van der Waals surface area contributed by atoms with Gasteiger partial charge in [-0.2, -0.15) is 0 Å². The van der Waals surface area contributed by atoms with Crippen molar-refractivity contribution >= 4 is 23.3 Å². The number of hydrogen-bond acceptors (Lipinski definition) is 6. The first-order valence-corrected chi connectivity index (χ1v) is 9.55. The van der Waals surface area contributed by atoms with Crippen molar-refractivity contribution in [2.24, 2.45) is 0 Å². The summed E-state index contributed by atoms with van der Waals surface area (Å²) in [5.74, 6) is -1.21. The van der Waals surface area contributed by atoms with E-state index in [0.29, 0.717) is 11.3 Å². The fourth-order valence-corrected chi connectivity index (χ4v) is 3.74. The lowest BCUT2D eigenvalue weighted by molar-refractivity contribution is -0.200. The van der Waals surface area contributed by atoms with Gasteiger partial charge in [-0.25, -0.2) is 23.1 Å². The van der Waals surface area contributed by atoms with Crippen molar-refractivity contribution in [3.05, 3.63) is 51.7 Å². The molecule has 11 heteroatoms. The zero-order chi connectivity index (χ0) is 21.6. The van der Waals surface area contributed by atoms with Crippen molar-refractivity contribution in [3.8, 4) is 0 Å². The average Bonchev–Trinajstić information content (AvgIpc) is 3.09. The van der Waals surface area contributed by atoms with E-state index in [2.05, 4.69) is 15.3 Å². The topological polar surface area (TPSA) is 87.6 Å². The van der Waals surface area contributed by atoms with Crippen LogP contribution in [0.1, 0.15) is 41.8 Å². The molecule has 2 N–H and O–H groups in total. The second kappa shape index (κ2) is 7.68. The Morgan fingerprint density at radius 1 is 1.30 bits per heavy atom. The third-order valence-electron chi connectivity index (χ3n) is 5.24. The van der Waals surface area contributed by atoms with Crippen LogP contribution in [0.3, 0.4) is 0 Å². The molecule has 1 saturated heterocycles. The Labute approximate surface area is 174 Å². The largest absolute Gasteiger partial charge is 0.376 e. The summed E-state index contributed by atoms with van der Waals surface area (Å²) >= 11 is 6.00. The quantitative estimate of drug-likeness (QED) is 0.692. The lowest BCUT2D eigenvalue weighted by Gasteiger charge is -2.37. The molecule has 0 radical (unpaired) electrons. The third kappa shape index (κ3) is 3.59. The number of ether oxygens (including phenoxy) is 1. The molecule has 0 saturated carbocycles. The molecule has 2 aliphatic heterocycles. The van der Waals surface area contributed by atoms with Crippen LogP contribution in [-0.4, -0.2) is 44.7 Å². The summed E-state index contributed by atoms with van der Waals surface area (Å²) in [7, 11) is 0. The summed E-state index contributed by atoms with van der Waals surface area (Å²) in [5, 5.41) is 13.1. The Balaban J connectivity index is 1.59. The molecule has 1 fully saturated rings. The molecule has 1 atom stereocenters. The van der Waals surface area contributed by atoms with E-state index in [9.17, 15) is 23.1 Å². The van der Waals surface area contributed by atoms with Crippen LogP contribution >= 0.6 is 11.6 Å². The first-order chi connectivity index (χ1) is 14.2. The highest BCUT2D eigenvalue weighted by Gasteiger charge is 2.47. The van der Waals surface area contributed by atoms with E-state index in [1.807, 2.05) is 0 Å². The number of carbonyl (C=O) groups excluding carboxylic acids is 1. The number of carbonyl (C=O) groups is 1. The molecule has 1 amide bonds. The monoisotopic (exact) mass is 442 g/mol. The van der Waals surface area contributed by atoms with Crippen LogP contribution in [-0.2, 0) is 22.6 Å². The maximum atomic E-state index is 14.5. The summed E-state index contributed by atoms with van der Waals surface area (Å²) in [6, 6.07) is 3.09. The van der Waals surface area contributed by atoms with Crippen molar-refractivity contribution in [2.75, 3.05) is 18.5 Å². The van der Waals surface area contributed by atoms with Gasteiger partial charge in [-0.3, -0.25) is 4.79 Å². The van der Waals surface area contributed by atoms with Crippen molar-refractivity contribution in [1.82, 2.24) is 14.9 Å². The molecule has 1 aromatic heterocycles. The zero-order valence-electron chi connectivity index (χ0n) is 15.8. The van der Waals surface area contributed by atoms with E-state index in [1.54, 1.807) is 6.92 Å². The number of halogens is 4. The normalized spacial score (nSPS) is 18.2. The molecule has 1 aromatic carbocycles. The Morgan fingerprint density at radius 2 is 2.00 bits per heavy atom. The number of aliphatic hydroxyl groups is 1. The van der Waals surface area contributed by atoms with Gasteiger partial charge in [0.15, 0.2) is 5.60 Å². The van der Waals surface area contributed by atoms with Crippen LogP contribution in [0.2, 0.25) is 5.28 Å². The van der Waals surface area contributed by atoms with Crippen LogP contribution in [0.5, 0.6) is 0 Å². The maximum absolute atomic E-state index is 14.5. The predicted molar refractivity (Wildman–Crippen MR) is 100 cm³/mol. The van der Waals surface area contributed by atoms with Gasteiger partial charge >= 0.3 is 0 Å². The second-order valence-corrected chi connectivity index (χ2v) is 7.71.